The minimum atomic E-state index is -3.83. The average Bonchev–Trinajstić information content (AvgIpc) is 3.56. The number of rotatable bonds is 5. The Morgan fingerprint density at radius 2 is 1.97 bits per heavy atom. The number of aryl methyl sites for hydroxylation is 2. The van der Waals surface area contributed by atoms with Crippen molar-refractivity contribution in [3.8, 4) is 5.13 Å². The molecule has 178 valence electrons. The third-order valence-electron chi connectivity index (χ3n) is 5.57. The van der Waals surface area contributed by atoms with Gasteiger partial charge in [0.2, 0.25) is 11.0 Å². The van der Waals surface area contributed by atoms with E-state index < -0.39 is 22.0 Å². The zero-order valence-electron chi connectivity index (χ0n) is 18.1. The van der Waals surface area contributed by atoms with Crippen LogP contribution in [-0.2, 0) is 14.8 Å². The van der Waals surface area contributed by atoms with E-state index >= 15 is 0 Å². The van der Waals surface area contributed by atoms with E-state index in [1.807, 2.05) is 26.0 Å². The highest BCUT2D eigenvalue weighted by molar-refractivity contribution is 7.91. The number of hydrogen-bond acceptors (Lipinski definition) is 7. The van der Waals surface area contributed by atoms with Crippen LogP contribution in [0.2, 0.25) is 9.36 Å². The molecule has 1 saturated heterocycles. The molecule has 13 heteroatoms. The van der Waals surface area contributed by atoms with Gasteiger partial charge in [0.1, 0.15) is 16.1 Å². The van der Waals surface area contributed by atoms with E-state index in [0.717, 1.165) is 27.1 Å². The van der Waals surface area contributed by atoms with E-state index in [2.05, 4.69) is 15.4 Å². The standard InChI is InChI=1S/C21H19Cl2N5O3S3/c1-11-5-6-13(22)19-18(11)25-21(33-19)28-16(10-12(2)26-28)24-20(29)14-4-3-9-27(14)34(30,31)17-8-7-15(23)32-17/h5-8,10,14H,3-4,9H2,1-2H3,(H,24,29). The molecular weight excluding hydrogens is 537 g/mol. The van der Waals surface area contributed by atoms with E-state index in [-0.39, 0.29) is 10.8 Å². The third kappa shape index (κ3) is 4.14. The van der Waals surface area contributed by atoms with Gasteiger partial charge >= 0.3 is 0 Å². The quantitative estimate of drug-likeness (QED) is 0.362. The number of carbonyl (C=O) groups is 1. The lowest BCUT2D eigenvalue weighted by molar-refractivity contribution is -0.119. The summed E-state index contributed by atoms with van der Waals surface area (Å²) in [6.07, 6.45) is 1.01. The summed E-state index contributed by atoms with van der Waals surface area (Å²) >= 11 is 14.6. The molecule has 5 rings (SSSR count). The van der Waals surface area contributed by atoms with Crippen LogP contribution in [0.4, 0.5) is 5.82 Å². The number of nitrogens with zero attached hydrogens (tertiary/aromatic N) is 4. The van der Waals surface area contributed by atoms with Crippen molar-refractivity contribution in [2.75, 3.05) is 11.9 Å². The first-order chi connectivity index (χ1) is 16.1. The molecule has 1 amide bonds. The van der Waals surface area contributed by atoms with Crippen molar-refractivity contribution < 1.29 is 13.2 Å². The summed E-state index contributed by atoms with van der Waals surface area (Å²) in [5.41, 5.74) is 2.44. The first kappa shape index (κ1) is 23.7. The number of fused-ring (bicyclic) bond motifs is 1. The number of sulfonamides is 1. The smallest absolute Gasteiger partial charge is 0.253 e. The summed E-state index contributed by atoms with van der Waals surface area (Å²) in [6, 6.07) is 7.63. The number of benzene rings is 1. The Kier molecular flexibility index (Phi) is 6.20. The molecule has 4 aromatic rings. The minimum absolute atomic E-state index is 0.125. The molecule has 3 aromatic heterocycles. The number of anilines is 1. The predicted molar refractivity (Wildman–Crippen MR) is 136 cm³/mol. The first-order valence-electron chi connectivity index (χ1n) is 10.4. The molecule has 4 heterocycles. The molecule has 0 spiro atoms. The fourth-order valence-corrected chi connectivity index (χ4v) is 8.52. The van der Waals surface area contributed by atoms with Crippen molar-refractivity contribution in [1.82, 2.24) is 19.1 Å². The summed E-state index contributed by atoms with van der Waals surface area (Å²) in [4.78, 5) is 17.9. The number of carbonyl (C=O) groups excluding carboxylic acids is 1. The zero-order chi connectivity index (χ0) is 24.2. The van der Waals surface area contributed by atoms with Crippen LogP contribution in [0.3, 0.4) is 0 Å². The Morgan fingerprint density at radius 3 is 2.68 bits per heavy atom. The minimum Gasteiger partial charge on any atom is -0.309 e. The first-order valence-corrected chi connectivity index (χ1v) is 14.2. The fourth-order valence-electron chi connectivity index (χ4n) is 3.97. The van der Waals surface area contributed by atoms with E-state index in [0.29, 0.717) is 38.8 Å². The molecular formula is C21H19Cl2N5O3S3. The number of hydrogen-bond donors (Lipinski definition) is 1. The maximum atomic E-state index is 13.3. The lowest BCUT2D eigenvalue weighted by Crippen LogP contribution is -2.43. The van der Waals surface area contributed by atoms with Gasteiger partial charge in [0.25, 0.3) is 10.0 Å². The van der Waals surface area contributed by atoms with Crippen molar-refractivity contribution in [2.24, 2.45) is 0 Å². The van der Waals surface area contributed by atoms with Crippen molar-refractivity contribution in [3.63, 3.8) is 0 Å². The summed E-state index contributed by atoms with van der Waals surface area (Å²) in [5.74, 6) is -0.000972. The molecule has 0 radical (unpaired) electrons. The van der Waals surface area contributed by atoms with Crippen LogP contribution in [0.15, 0.2) is 34.5 Å². The number of amides is 1. The van der Waals surface area contributed by atoms with Crippen LogP contribution in [0.25, 0.3) is 15.3 Å². The highest BCUT2D eigenvalue weighted by Gasteiger charge is 2.40. The SMILES string of the molecule is Cc1cc(NC(=O)C2CCCN2S(=O)(=O)c2ccc(Cl)s2)n(-c2nc3c(C)ccc(Cl)c3s2)n1. The molecule has 1 aliphatic heterocycles. The van der Waals surface area contributed by atoms with Gasteiger partial charge in [0, 0.05) is 12.6 Å². The fraction of sp³-hybridized carbons (Fsp3) is 0.286. The monoisotopic (exact) mass is 555 g/mol. The van der Waals surface area contributed by atoms with E-state index in [4.69, 9.17) is 23.2 Å². The molecule has 1 fully saturated rings. The van der Waals surface area contributed by atoms with Crippen molar-refractivity contribution >= 4 is 77.8 Å². The van der Waals surface area contributed by atoms with Gasteiger partial charge < -0.3 is 5.32 Å². The van der Waals surface area contributed by atoms with Gasteiger partial charge in [0.05, 0.1) is 25.3 Å². The Hall–Kier alpha value is -2.02. The Balaban J connectivity index is 1.45. The average molecular weight is 557 g/mol. The Labute approximate surface area is 214 Å². The Morgan fingerprint density at radius 1 is 1.18 bits per heavy atom. The van der Waals surface area contributed by atoms with Crippen molar-refractivity contribution in [1.29, 1.82) is 0 Å². The summed E-state index contributed by atoms with van der Waals surface area (Å²) in [5, 5.41) is 8.52. The van der Waals surface area contributed by atoms with Gasteiger partial charge in [-0.25, -0.2) is 13.4 Å². The van der Waals surface area contributed by atoms with Crippen molar-refractivity contribution in [3.05, 3.63) is 50.9 Å². The highest BCUT2D eigenvalue weighted by Crippen LogP contribution is 2.35. The number of aromatic nitrogens is 3. The van der Waals surface area contributed by atoms with Gasteiger partial charge in [-0.3, -0.25) is 4.79 Å². The number of nitrogens with one attached hydrogen (secondary N) is 1. The van der Waals surface area contributed by atoms with Gasteiger partial charge in [-0.15, -0.1) is 11.3 Å². The molecule has 34 heavy (non-hydrogen) atoms. The Bertz CT molecular complexity index is 1490. The van der Waals surface area contributed by atoms with Crippen LogP contribution in [0.1, 0.15) is 24.1 Å². The summed E-state index contributed by atoms with van der Waals surface area (Å²) < 4.78 is 30.4. The molecule has 1 aliphatic rings. The molecule has 1 aromatic carbocycles. The molecule has 0 aliphatic carbocycles. The second kappa shape index (κ2) is 8.89. The van der Waals surface area contributed by atoms with Gasteiger partial charge in [-0.05, 0) is 50.5 Å². The van der Waals surface area contributed by atoms with Crippen molar-refractivity contribution in [2.45, 2.75) is 36.9 Å². The second-order valence-corrected chi connectivity index (χ2v) is 13.2. The van der Waals surface area contributed by atoms with E-state index in [1.54, 1.807) is 10.7 Å². The maximum absolute atomic E-state index is 13.3. The largest absolute Gasteiger partial charge is 0.309 e. The predicted octanol–water partition coefficient (Wildman–Crippen LogP) is 5.26. The number of thiophene rings is 1. The molecule has 8 nitrogen and oxygen atoms in total. The van der Waals surface area contributed by atoms with Crippen LogP contribution in [0, 0.1) is 13.8 Å². The lowest BCUT2D eigenvalue weighted by Gasteiger charge is -2.22. The number of thiazole rings is 1. The van der Waals surface area contributed by atoms with E-state index in [1.165, 1.54) is 27.8 Å². The molecule has 0 saturated carbocycles. The third-order valence-corrected chi connectivity index (χ3v) is 10.7. The topological polar surface area (TPSA) is 97.2 Å². The summed E-state index contributed by atoms with van der Waals surface area (Å²) in [7, 11) is -3.83. The normalized spacial score (nSPS) is 17.0. The van der Waals surface area contributed by atoms with Crippen LogP contribution < -0.4 is 5.32 Å². The molecule has 0 bridgehead atoms. The maximum Gasteiger partial charge on any atom is 0.253 e. The molecule has 1 N–H and O–H groups in total. The highest BCUT2D eigenvalue weighted by atomic mass is 35.5. The lowest BCUT2D eigenvalue weighted by atomic mass is 10.2. The molecule has 1 atom stereocenters. The van der Waals surface area contributed by atoms with Gasteiger partial charge in [-0.1, -0.05) is 40.6 Å². The van der Waals surface area contributed by atoms with Crippen LogP contribution in [0.5, 0.6) is 0 Å². The zero-order valence-corrected chi connectivity index (χ0v) is 22.0. The van der Waals surface area contributed by atoms with Gasteiger partial charge in [0.15, 0.2) is 0 Å². The second-order valence-electron chi connectivity index (χ2n) is 7.94. The van der Waals surface area contributed by atoms with Gasteiger partial charge in [-0.2, -0.15) is 14.1 Å². The van der Waals surface area contributed by atoms with Crippen LogP contribution >= 0.6 is 45.9 Å². The van der Waals surface area contributed by atoms with E-state index in [9.17, 15) is 13.2 Å². The number of halogens is 2. The summed E-state index contributed by atoms with van der Waals surface area (Å²) in [6.45, 7) is 4.03. The van der Waals surface area contributed by atoms with Crippen LogP contribution in [-0.4, -0.2) is 46.0 Å². The molecule has 1 unspecified atom stereocenters.